The normalized spacial score (nSPS) is 17.9. The number of carbonyl (C=O) groups is 2. The molecule has 2 aromatic carbocycles. The minimum atomic E-state index is -0.555. The molecule has 0 bridgehead atoms. The Bertz CT molecular complexity index is 934. The van der Waals surface area contributed by atoms with E-state index < -0.39 is 5.97 Å². The molecule has 2 amide bonds. The van der Waals surface area contributed by atoms with Gasteiger partial charge >= 0.3 is 12.0 Å². The van der Waals surface area contributed by atoms with Crippen LogP contribution in [0.5, 0.6) is 5.75 Å². The van der Waals surface area contributed by atoms with Crippen LogP contribution in [0.25, 0.3) is 10.8 Å². The van der Waals surface area contributed by atoms with Crippen molar-refractivity contribution in [1.82, 2.24) is 14.7 Å². The lowest BCUT2D eigenvalue weighted by molar-refractivity contribution is 0.0372. The Balaban J connectivity index is 1.49. The highest BCUT2D eigenvalue weighted by Gasteiger charge is 2.27. The number of piperazine rings is 1. The molecule has 2 aromatic rings. The quantitative estimate of drug-likeness (QED) is 0.774. The summed E-state index contributed by atoms with van der Waals surface area (Å²) in [7, 11) is 1.31. The fourth-order valence-corrected chi connectivity index (χ4v) is 4.11. The minimum absolute atomic E-state index is 0.0348. The fraction of sp³-hybridized carbons (Fsp3) is 0.455. The van der Waals surface area contributed by atoms with Crippen LogP contribution in [0, 0.1) is 0 Å². The third-order valence-corrected chi connectivity index (χ3v) is 5.84. The molecule has 0 atom stereocenters. The third-order valence-electron chi connectivity index (χ3n) is 5.84. The van der Waals surface area contributed by atoms with Crippen LogP contribution in [-0.2, 0) is 16.0 Å². The Morgan fingerprint density at radius 1 is 1.03 bits per heavy atom. The molecule has 0 radical (unpaired) electrons. The zero-order valence-electron chi connectivity index (χ0n) is 17.2. The van der Waals surface area contributed by atoms with E-state index in [4.69, 9.17) is 9.47 Å². The van der Waals surface area contributed by atoms with E-state index >= 15 is 0 Å². The summed E-state index contributed by atoms with van der Waals surface area (Å²) in [4.78, 5) is 30.7. The number of rotatable bonds is 3. The summed E-state index contributed by atoms with van der Waals surface area (Å²) in [6, 6.07) is 9.42. The summed E-state index contributed by atoms with van der Waals surface area (Å²) in [6.45, 7) is 5.62. The topological polar surface area (TPSA) is 82.6 Å². The van der Waals surface area contributed by atoms with Crippen LogP contribution in [-0.4, -0.2) is 91.4 Å². The predicted octanol–water partition coefficient (Wildman–Crippen LogP) is 1.90. The van der Waals surface area contributed by atoms with Crippen LogP contribution < -0.4 is 0 Å². The Kier molecular flexibility index (Phi) is 6.06. The van der Waals surface area contributed by atoms with Crippen molar-refractivity contribution in [2.24, 2.45) is 0 Å². The summed E-state index contributed by atoms with van der Waals surface area (Å²) in [5, 5.41) is 12.6. The molecule has 160 valence electrons. The average Bonchev–Trinajstić information content (AvgIpc) is 2.80. The van der Waals surface area contributed by atoms with Crippen molar-refractivity contribution in [1.29, 1.82) is 0 Å². The number of methoxy groups -OCH3 is 1. The molecule has 2 aliphatic heterocycles. The SMILES string of the molecule is COC(=O)c1cc2ccccc2c(CN2CCN(C(=O)N3CCOCC3)CC2)c1O. The number of ether oxygens (including phenoxy) is 2. The summed E-state index contributed by atoms with van der Waals surface area (Å²) in [6.07, 6.45) is 0. The summed E-state index contributed by atoms with van der Waals surface area (Å²) >= 11 is 0. The number of hydrogen-bond donors (Lipinski definition) is 1. The fourth-order valence-electron chi connectivity index (χ4n) is 4.11. The molecule has 0 unspecified atom stereocenters. The zero-order valence-corrected chi connectivity index (χ0v) is 17.2. The number of carbonyl (C=O) groups excluding carboxylic acids is 2. The van der Waals surface area contributed by atoms with E-state index in [1.807, 2.05) is 34.1 Å². The van der Waals surface area contributed by atoms with Gasteiger partial charge in [0.05, 0.1) is 20.3 Å². The minimum Gasteiger partial charge on any atom is -0.507 e. The van der Waals surface area contributed by atoms with E-state index in [-0.39, 0.29) is 17.3 Å². The van der Waals surface area contributed by atoms with Crippen molar-refractivity contribution < 1.29 is 24.2 Å². The Labute approximate surface area is 175 Å². The second-order valence-electron chi connectivity index (χ2n) is 7.61. The highest BCUT2D eigenvalue weighted by atomic mass is 16.5. The maximum Gasteiger partial charge on any atom is 0.341 e. The van der Waals surface area contributed by atoms with Gasteiger partial charge in [-0.1, -0.05) is 24.3 Å². The van der Waals surface area contributed by atoms with Crippen molar-refractivity contribution in [3.8, 4) is 5.75 Å². The lowest BCUT2D eigenvalue weighted by Gasteiger charge is -2.38. The molecule has 2 saturated heterocycles. The number of phenolic OH excluding ortho intramolecular Hbond substituents is 1. The van der Waals surface area contributed by atoms with E-state index in [1.54, 1.807) is 6.07 Å². The lowest BCUT2D eigenvalue weighted by Crippen LogP contribution is -2.54. The van der Waals surface area contributed by atoms with E-state index in [2.05, 4.69) is 4.90 Å². The highest BCUT2D eigenvalue weighted by Crippen LogP contribution is 2.33. The number of esters is 1. The summed E-state index contributed by atoms with van der Waals surface area (Å²) in [5.41, 5.74) is 0.883. The van der Waals surface area contributed by atoms with Gasteiger partial charge in [0.15, 0.2) is 0 Å². The summed E-state index contributed by atoms with van der Waals surface area (Å²) in [5.74, 6) is -0.590. The van der Waals surface area contributed by atoms with E-state index in [0.717, 1.165) is 10.8 Å². The first kappa shape index (κ1) is 20.4. The smallest absolute Gasteiger partial charge is 0.341 e. The molecule has 0 aliphatic carbocycles. The number of aromatic hydroxyl groups is 1. The van der Waals surface area contributed by atoms with Gasteiger partial charge in [0.25, 0.3) is 0 Å². The molecule has 30 heavy (non-hydrogen) atoms. The number of amides is 2. The van der Waals surface area contributed by atoms with Crippen molar-refractivity contribution in [2.45, 2.75) is 6.54 Å². The average molecular weight is 413 g/mol. The van der Waals surface area contributed by atoms with Crippen LogP contribution in [0.3, 0.4) is 0 Å². The van der Waals surface area contributed by atoms with Crippen LogP contribution in [0.15, 0.2) is 30.3 Å². The molecule has 2 aliphatic rings. The van der Waals surface area contributed by atoms with Gasteiger partial charge in [-0.05, 0) is 16.8 Å². The Morgan fingerprint density at radius 2 is 1.70 bits per heavy atom. The second kappa shape index (κ2) is 8.89. The van der Waals surface area contributed by atoms with Crippen LogP contribution in [0.4, 0.5) is 4.79 Å². The van der Waals surface area contributed by atoms with Crippen LogP contribution >= 0.6 is 0 Å². The summed E-state index contributed by atoms with van der Waals surface area (Å²) < 4.78 is 10.2. The van der Waals surface area contributed by atoms with Crippen molar-refractivity contribution in [2.75, 3.05) is 59.6 Å². The molecule has 2 heterocycles. The van der Waals surface area contributed by atoms with E-state index in [9.17, 15) is 14.7 Å². The second-order valence-corrected chi connectivity index (χ2v) is 7.61. The molecule has 2 fully saturated rings. The largest absolute Gasteiger partial charge is 0.507 e. The maximum atomic E-state index is 12.7. The van der Waals surface area contributed by atoms with Crippen LogP contribution in [0.1, 0.15) is 15.9 Å². The maximum absolute atomic E-state index is 12.7. The van der Waals surface area contributed by atoms with Gasteiger partial charge in [0.1, 0.15) is 11.3 Å². The van der Waals surface area contributed by atoms with Gasteiger partial charge in [-0.2, -0.15) is 0 Å². The van der Waals surface area contributed by atoms with Gasteiger partial charge in [0, 0.05) is 51.4 Å². The van der Waals surface area contributed by atoms with Gasteiger partial charge in [-0.25, -0.2) is 9.59 Å². The van der Waals surface area contributed by atoms with E-state index in [0.29, 0.717) is 64.6 Å². The molecule has 0 aromatic heterocycles. The number of morpholine rings is 1. The van der Waals surface area contributed by atoms with E-state index in [1.165, 1.54) is 7.11 Å². The monoisotopic (exact) mass is 413 g/mol. The number of phenols is 1. The first-order chi connectivity index (χ1) is 14.6. The van der Waals surface area contributed by atoms with Gasteiger partial charge < -0.3 is 24.4 Å². The molecule has 0 spiro atoms. The van der Waals surface area contributed by atoms with Gasteiger partial charge in [-0.3, -0.25) is 4.90 Å². The Hall–Kier alpha value is -2.84. The number of nitrogens with zero attached hydrogens (tertiary/aromatic N) is 3. The van der Waals surface area contributed by atoms with Crippen LogP contribution in [0.2, 0.25) is 0 Å². The number of hydrogen-bond acceptors (Lipinski definition) is 6. The number of urea groups is 1. The highest BCUT2D eigenvalue weighted by molar-refractivity contribution is 6.00. The van der Waals surface area contributed by atoms with Crippen molar-refractivity contribution >= 4 is 22.8 Å². The molecular weight excluding hydrogens is 386 g/mol. The zero-order chi connectivity index (χ0) is 21.1. The lowest BCUT2D eigenvalue weighted by atomic mass is 9.98. The molecule has 8 heteroatoms. The van der Waals surface area contributed by atoms with Gasteiger partial charge in [-0.15, -0.1) is 0 Å². The number of benzene rings is 2. The van der Waals surface area contributed by atoms with Crippen molar-refractivity contribution in [3.63, 3.8) is 0 Å². The molecule has 4 rings (SSSR count). The number of fused-ring (bicyclic) bond motifs is 1. The van der Waals surface area contributed by atoms with Gasteiger partial charge in [0.2, 0.25) is 0 Å². The molecule has 8 nitrogen and oxygen atoms in total. The van der Waals surface area contributed by atoms with Crippen molar-refractivity contribution in [3.05, 3.63) is 41.5 Å². The Morgan fingerprint density at radius 3 is 2.40 bits per heavy atom. The molecular formula is C22H27N3O5. The standard InChI is InChI=1S/C22H27N3O5/c1-29-21(27)18-14-16-4-2-3-5-17(16)19(20(18)26)15-23-6-8-24(9-7-23)22(28)25-10-12-30-13-11-25/h2-5,14,26H,6-13,15H2,1H3. The predicted molar refractivity (Wildman–Crippen MR) is 112 cm³/mol. The first-order valence-electron chi connectivity index (χ1n) is 10.2. The molecule has 0 saturated carbocycles. The molecule has 1 N–H and O–H groups in total. The third kappa shape index (κ3) is 4.06. The first-order valence-corrected chi connectivity index (χ1v) is 10.2.